The molecule has 0 amide bonds. The Labute approximate surface area is 158 Å². The van der Waals surface area contributed by atoms with Crippen LogP contribution >= 0.6 is 0 Å². The summed E-state index contributed by atoms with van der Waals surface area (Å²) in [7, 11) is 0. The lowest BCUT2D eigenvalue weighted by molar-refractivity contribution is 0.222. The van der Waals surface area contributed by atoms with Crippen LogP contribution in [0.5, 0.6) is 0 Å². The normalized spacial score (nSPS) is 29.7. The lowest BCUT2D eigenvalue weighted by Gasteiger charge is -2.32. The SMILES string of the molecule is CCCC[C@H]1CC[C@H](CCC2CCC(c3ccc(F)c(F)c3)CC2)CC1. The second-order valence-electron chi connectivity index (χ2n) is 9.00. The van der Waals surface area contributed by atoms with Crippen LogP contribution in [0.15, 0.2) is 18.2 Å². The van der Waals surface area contributed by atoms with Crippen molar-refractivity contribution < 1.29 is 8.78 Å². The summed E-state index contributed by atoms with van der Waals surface area (Å²) >= 11 is 0. The van der Waals surface area contributed by atoms with Gasteiger partial charge in [0.1, 0.15) is 0 Å². The lowest BCUT2D eigenvalue weighted by Crippen LogP contribution is -2.18. The molecule has 0 spiro atoms. The van der Waals surface area contributed by atoms with Crippen molar-refractivity contribution in [2.24, 2.45) is 17.8 Å². The van der Waals surface area contributed by atoms with E-state index in [1.165, 1.54) is 82.8 Å². The summed E-state index contributed by atoms with van der Waals surface area (Å²) in [5, 5.41) is 0. The molecule has 3 rings (SSSR count). The molecule has 0 N–H and O–H groups in total. The fraction of sp³-hybridized carbons (Fsp3) is 0.750. The van der Waals surface area contributed by atoms with Crippen LogP contribution in [0.25, 0.3) is 0 Å². The molecule has 2 saturated carbocycles. The summed E-state index contributed by atoms with van der Waals surface area (Å²) in [5.74, 6) is 1.84. The quantitative estimate of drug-likeness (QED) is 0.460. The van der Waals surface area contributed by atoms with Crippen molar-refractivity contribution in [3.05, 3.63) is 35.4 Å². The van der Waals surface area contributed by atoms with Gasteiger partial charge in [-0.2, -0.15) is 0 Å². The second kappa shape index (κ2) is 9.85. The van der Waals surface area contributed by atoms with Crippen molar-refractivity contribution >= 4 is 0 Å². The third kappa shape index (κ3) is 5.54. The molecule has 2 fully saturated rings. The molecule has 0 heterocycles. The molecule has 1 aromatic rings. The molecule has 2 aliphatic carbocycles. The van der Waals surface area contributed by atoms with Gasteiger partial charge in [-0.25, -0.2) is 8.78 Å². The van der Waals surface area contributed by atoms with Gasteiger partial charge in [0.15, 0.2) is 11.6 Å². The van der Waals surface area contributed by atoms with Gasteiger partial charge in [-0.3, -0.25) is 0 Å². The van der Waals surface area contributed by atoms with Gasteiger partial charge < -0.3 is 0 Å². The maximum atomic E-state index is 13.5. The predicted molar refractivity (Wildman–Crippen MR) is 105 cm³/mol. The minimum absolute atomic E-state index is 0.426. The minimum atomic E-state index is -0.730. The van der Waals surface area contributed by atoms with Crippen LogP contribution in [0.3, 0.4) is 0 Å². The van der Waals surface area contributed by atoms with E-state index in [4.69, 9.17) is 0 Å². The molecule has 0 atom stereocenters. The number of hydrogen-bond acceptors (Lipinski definition) is 0. The monoisotopic (exact) mass is 362 g/mol. The van der Waals surface area contributed by atoms with Crippen LogP contribution in [-0.4, -0.2) is 0 Å². The van der Waals surface area contributed by atoms with Crippen molar-refractivity contribution in [3.8, 4) is 0 Å². The molecule has 0 aliphatic heterocycles. The van der Waals surface area contributed by atoms with Gasteiger partial charge in [0.05, 0.1) is 0 Å². The van der Waals surface area contributed by atoms with E-state index in [2.05, 4.69) is 6.92 Å². The van der Waals surface area contributed by atoms with E-state index in [-0.39, 0.29) is 0 Å². The fourth-order valence-corrected chi connectivity index (χ4v) is 5.32. The van der Waals surface area contributed by atoms with Gasteiger partial charge in [-0.05, 0) is 67.1 Å². The maximum Gasteiger partial charge on any atom is 0.159 e. The minimum Gasteiger partial charge on any atom is -0.204 e. The summed E-state index contributed by atoms with van der Waals surface area (Å²) < 4.78 is 26.6. The predicted octanol–water partition coefficient (Wildman–Crippen LogP) is 8.02. The van der Waals surface area contributed by atoms with Gasteiger partial charge in [0.2, 0.25) is 0 Å². The van der Waals surface area contributed by atoms with Crippen LogP contribution in [0.2, 0.25) is 0 Å². The van der Waals surface area contributed by atoms with E-state index in [0.717, 1.165) is 36.2 Å². The van der Waals surface area contributed by atoms with Crippen LogP contribution in [-0.2, 0) is 0 Å². The largest absolute Gasteiger partial charge is 0.204 e. The zero-order chi connectivity index (χ0) is 18.4. The van der Waals surface area contributed by atoms with E-state index < -0.39 is 11.6 Å². The first-order chi connectivity index (χ1) is 12.7. The lowest BCUT2D eigenvalue weighted by atomic mass is 9.74. The van der Waals surface area contributed by atoms with Crippen molar-refractivity contribution in [1.29, 1.82) is 0 Å². The van der Waals surface area contributed by atoms with Gasteiger partial charge in [-0.15, -0.1) is 0 Å². The molecule has 1 aromatic carbocycles. The van der Waals surface area contributed by atoms with E-state index in [1.807, 2.05) is 0 Å². The molecular weight excluding hydrogens is 326 g/mol. The van der Waals surface area contributed by atoms with Gasteiger partial charge >= 0.3 is 0 Å². The fourth-order valence-electron chi connectivity index (χ4n) is 5.32. The van der Waals surface area contributed by atoms with Crippen molar-refractivity contribution in [1.82, 2.24) is 0 Å². The van der Waals surface area contributed by atoms with E-state index in [0.29, 0.717) is 5.92 Å². The highest BCUT2D eigenvalue weighted by molar-refractivity contribution is 5.22. The summed E-state index contributed by atoms with van der Waals surface area (Å²) in [6.07, 6.45) is 17.7. The molecule has 0 unspecified atom stereocenters. The Balaban J connectivity index is 1.35. The number of unbranched alkanes of at least 4 members (excludes halogenated alkanes) is 1. The number of benzene rings is 1. The zero-order valence-electron chi connectivity index (χ0n) is 16.5. The third-order valence-electron chi connectivity index (χ3n) is 7.18. The van der Waals surface area contributed by atoms with Crippen LogP contribution < -0.4 is 0 Å². The summed E-state index contributed by atoms with van der Waals surface area (Å²) in [4.78, 5) is 0. The van der Waals surface area contributed by atoms with Crippen molar-refractivity contribution in [2.45, 2.75) is 96.3 Å². The summed E-state index contributed by atoms with van der Waals surface area (Å²) in [6, 6.07) is 4.48. The third-order valence-corrected chi connectivity index (χ3v) is 7.18. The molecule has 2 heteroatoms. The van der Waals surface area contributed by atoms with Crippen LogP contribution in [0.1, 0.15) is 102 Å². The topological polar surface area (TPSA) is 0 Å². The van der Waals surface area contributed by atoms with Crippen LogP contribution in [0.4, 0.5) is 8.78 Å². The van der Waals surface area contributed by atoms with E-state index in [1.54, 1.807) is 6.07 Å². The molecule has 0 saturated heterocycles. The first-order valence-electron chi connectivity index (χ1n) is 11.1. The van der Waals surface area contributed by atoms with Crippen molar-refractivity contribution in [3.63, 3.8) is 0 Å². The maximum absolute atomic E-state index is 13.5. The molecule has 0 nitrogen and oxygen atoms in total. The highest BCUT2D eigenvalue weighted by Crippen LogP contribution is 2.40. The molecule has 0 aromatic heterocycles. The Hall–Kier alpha value is -0.920. The number of halogens is 2. The highest BCUT2D eigenvalue weighted by Gasteiger charge is 2.25. The van der Waals surface area contributed by atoms with E-state index in [9.17, 15) is 8.78 Å². The summed E-state index contributed by atoms with van der Waals surface area (Å²) in [5.41, 5.74) is 0.993. The Morgan fingerprint density at radius 2 is 1.27 bits per heavy atom. The smallest absolute Gasteiger partial charge is 0.159 e. The molecule has 146 valence electrons. The molecular formula is C24H36F2. The second-order valence-corrected chi connectivity index (χ2v) is 9.00. The standard InChI is InChI=1S/C24H36F2/c1-2-3-4-18-5-7-19(8-6-18)9-10-20-11-13-21(14-12-20)22-15-16-23(25)24(26)17-22/h15-21H,2-14H2,1H3/t18-,19-,20?,21?. The van der Waals surface area contributed by atoms with Gasteiger partial charge in [-0.1, -0.05) is 70.8 Å². The zero-order valence-corrected chi connectivity index (χ0v) is 16.5. The van der Waals surface area contributed by atoms with Gasteiger partial charge in [0.25, 0.3) is 0 Å². The number of rotatable bonds is 7. The highest BCUT2D eigenvalue weighted by atomic mass is 19.2. The van der Waals surface area contributed by atoms with Crippen molar-refractivity contribution in [2.75, 3.05) is 0 Å². The van der Waals surface area contributed by atoms with Crippen LogP contribution in [0, 0.1) is 29.4 Å². The summed E-state index contributed by atoms with van der Waals surface area (Å²) in [6.45, 7) is 2.30. The first kappa shape index (κ1) is 19.8. The average molecular weight is 363 g/mol. The first-order valence-corrected chi connectivity index (χ1v) is 11.1. The van der Waals surface area contributed by atoms with E-state index >= 15 is 0 Å². The molecule has 0 radical (unpaired) electrons. The molecule has 0 bridgehead atoms. The molecule has 2 aliphatic rings. The number of hydrogen-bond donors (Lipinski definition) is 0. The van der Waals surface area contributed by atoms with Gasteiger partial charge in [0, 0.05) is 0 Å². The Morgan fingerprint density at radius 1 is 0.731 bits per heavy atom. The Bertz CT molecular complexity index is 537. The Kier molecular flexibility index (Phi) is 7.52. The molecule has 26 heavy (non-hydrogen) atoms. The Morgan fingerprint density at radius 3 is 1.81 bits per heavy atom. The average Bonchev–Trinajstić information content (AvgIpc) is 2.68.